The van der Waals surface area contributed by atoms with E-state index in [0.717, 1.165) is 36.5 Å². The summed E-state index contributed by atoms with van der Waals surface area (Å²) in [5.74, 6) is -0.851. The van der Waals surface area contributed by atoms with Crippen molar-refractivity contribution in [3.05, 3.63) is 15.6 Å². The van der Waals surface area contributed by atoms with E-state index in [0.29, 0.717) is 4.88 Å². The number of nitrogens with one attached hydrogen (secondary N) is 1. The highest BCUT2D eigenvalue weighted by Crippen LogP contribution is 2.29. The number of aromatic carboxylic acids is 1. The molecule has 0 amide bonds. The molecule has 15 heavy (non-hydrogen) atoms. The average molecular weight is 226 g/mol. The number of carbonyl (C=O) groups is 1. The van der Waals surface area contributed by atoms with Gasteiger partial charge in [0.1, 0.15) is 4.88 Å². The molecule has 1 atom stereocenters. The maximum atomic E-state index is 11.1. The second-order valence-electron chi connectivity index (χ2n) is 3.63. The van der Waals surface area contributed by atoms with Crippen LogP contribution in [0, 0.1) is 0 Å². The Bertz CT molecular complexity index is 369. The van der Waals surface area contributed by atoms with E-state index in [4.69, 9.17) is 5.11 Å². The second-order valence-corrected chi connectivity index (χ2v) is 4.71. The van der Waals surface area contributed by atoms with Gasteiger partial charge in [-0.25, -0.2) is 9.78 Å². The minimum absolute atomic E-state index is 0.146. The van der Waals surface area contributed by atoms with Gasteiger partial charge in [0, 0.05) is 0 Å². The van der Waals surface area contributed by atoms with E-state index < -0.39 is 5.97 Å². The van der Waals surface area contributed by atoms with E-state index >= 15 is 0 Å². The van der Waals surface area contributed by atoms with Crippen LogP contribution >= 0.6 is 11.3 Å². The zero-order chi connectivity index (χ0) is 10.8. The van der Waals surface area contributed by atoms with E-state index in [1.54, 1.807) is 0 Å². The summed E-state index contributed by atoms with van der Waals surface area (Å²) in [4.78, 5) is 15.9. The van der Waals surface area contributed by atoms with Crippen molar-refractivity contribution >= 4 is 17.3 Å². The normalized spacial score (nSPS) is 20.7. The van der Waals surface area contributed by atoms with Crippen molar-refractivity contribution in [2.24, 2.45) is 0 Å². The van der Waals surface area contributed by atoms with E-state index in [-0.39, 0.29) is 6.04 Å². The summed E-state index contributed by atoms with van der Waals surface area (Å²) in [6.07, 6.45) is 2.90. The second kappa shape index (κ2) is 4.28. The smallest absolute Gasteiger partial charge is 0.347 e. The standard InChI is InChI=1S/C10H14N2O2S/c1-2-7-12-8(6-4-3-5-11-6)9(15-7)10(13)14/h6,11H,2-5H2,1H3,(H,13,14). The van der Waals surface area contributed by atoms with Gasteiger partial charge in [0.25, 0.3) is 0 Å². The maximum Gasteiger partial charge on any atom is 0.347 e. The van der Waals surface area contributed by atoms with Crippen LogP contribution in [-0.2, 0) is 6.42 Å². The van der Waals surface area contributed by atoms with Gasteiger partial charge in [0.05, 0.1) is 16.7 Å². The summed E-state index contributed by atoms with van der Waals surface area (Å²) in [7, 11) is 0. The van der Waals surface area contributed by atoms with E-state index in [2.05, 4.69) is 10.3 Å². The van der Waals surface area contributed by atoms with Gasteiger partial charge in [-0.3, -0.25) is 0 Å². The summed E-state index contributed by atoms with van der Waals surface area (Å²) >= 11 is 1.30. The number of thiazole rings is 1. The number of aryl methyl sites for hydroxylation is 1. The molecule has 1 saturated heterocycles. The highest BCUT2D eigenvalue weighted by atomic mass is 32.1. The molecular formula is C10H14N2O2S. The average Bonchev–Trinajstić information content (AvgIpc) is 2.86. The molecule has 0 aromatic carbocycles. The summed E-state index contributed by atoms with van der Waals surface area (Å²) in [5.41, 5.74) is 0.738. The van der Waals surface area contributed by atoms with Crippen LogP contribution in [0.25, 0.3) is 0 Å². The Balaban J connectivity index is 2.34. The SMILES string of the molecule is CCc1nc(C2CCCN2)c(C(=O)O)s1. The van der Waals surface area contributed by atoms with Crippen molar-refractivity contribution in [3.63, 3.8) is 0 Å². The number of carboxylic acid groups (broad SMARTS) is 1. The van der Waals surface area contributed by atoms with Crippen molar-refractivity contribution in [1.82, 2.24) is 10.3 Å². The molecule has 1 unspecified atom stereocenters. The molecule has 1 aliphatic heterocycles. The minimum Gasteiger partial charge on any atom is -0.477 e. The predicted octanol–water partition coefficient (Wildman–Crippen LogP) is 1.83. The first kappa shape index (κ1) is 10.6. The Labute approximate surface area is 92.3 Å². The monoisotopic (exact) mass is 226 g/mol. The molecule has 1 fully saturated rings. The first-order valence-electron chi connectivity index (χ1n) is 5.18. The highest BCUT2D eigenvalue weighted by molar-refractivity contribution is 7.13. The van der Waals surface area contributed by atoms with Crippen molar-refractivity contribution in [2.75, 3.05) is 6.54 Å². The van der Waals surface area contributed by atoms with Gasteiger partial charge in [0.15, 0.2) is 0 Å². The summed E-state index contributed by atoms with van der Waals surface area (Å²) < 4.78 is 0. The first-order valence-corrected chi connectivity index (χ1v) is 6.00. The molecule has 4 nitrogen and oxygen atoms in total. The Morgan fingerprint density at radius 3 is 3.07 bits per heavy atom. The molecule has 2 rings (SSSR count). The summed E-state index contributed by atoms with van der Waals surface area (Å²) in [5, 5.41) is 13.3. The molecule has 0 saturated carbocycles. The highest BCUT2D eigenvalue weighted by Gasteiger charge is 2.26. The number of hydrogen-bond acceptors (Lipinski definition) is 4. The Morgan fingerprint density at radius 2 is 2.53 bits per heavy atom. The third-order valence-corrected chi connectivity index (χ3v) is 3.79. The Morgan fingerprint density at radius 1 is 1.73 bits per heavy atom. The molecule has 2 heterocycles. The summed E-state index contributed by atoms with van der Waals surface area (Å²) in [6, 6.07) is 0.146. The Kier molecular flexibility index (Phi) is 3.02. The van der Waals surface area contributed by atoms with Crippen LogP contribution in [0.4, 0.5) is 0 Å². The van der Waals surface area contributed by atoms with Crippen molar-refractivity contribution in [1.29, 1.82) is 0 Å². The van der Waals surface area contributed by atoms with E-state index in [1.165, 1.54) is 11.3 Å². The lowest BCUT2D eigenvalue weighted by Crippen LogP contribution is -2.16. The number of aromatic nitrogens is 1. The molecule has 5 heteroatoms. The fourth-order valence-electron chi connectivity index (χ4n) is 1.84. The topological polar surface area (TPSA) is 62.2 Å². The zero-order valence-electron chi connectivity index (χ0n) is 8.62. The lowest BCUT2D eigenvalue weighted by atomic mass is 10.1. The van der Waals surface area contributed by atoms with Crippen molar-refractivity contribution in [2.45, 2.75) is 32.2 Å². The zero-order valence-corrected chi connectivity index (χ0v) is 9.43. The fourth-order valence-corrected chi connectivity index (χ4v) is 2.74. The number of hydrogen-bond donors (Lipinski definition) is 2. The molecule has 1 aromatic rings. The third kappa shape index (κ3) is 2.03. The molecule has 0 aliphatic carbocycles. The maximum absolute atomic E-state index is 11.1. The van der Waals surface area contributed by atoms with Crippen LogP contribution in [0.2, 0.25) is 0 Å². The predicted molar refractivity (Wildman–Crippen MR) is 58.4 cm³/mol. The molecule has 0 spiro atoms. The molecule has 1 aromatic heterocycles. The van der Waals surface area contributed by atoms with Gasteiger partial charge >= 0.3 is 5.97 Å². The number of carboxylic acids is 1. The van der Waals surface area contributed by atoms with Crippen molar-refractivity contribution < 1.29 is 9.90 Å². The minimum atomic E-state index is -0.851. The van der Waals surface area contributed by atoms with E-state index in [9.17, 15) is 4.79 Å². The van der Waals surface area contributed by atoms with Crippen LogP contribution in [0.3, 0.4) is 0 Å². The lowest BCUT2D eigenvalue weighted by molar-refractivity contribution is 0.0700. The van der Waals surface area contributed by atoms with Crippen LogP contribution in [-0.4, -0.2) is 22.6 Å². The Hall–Kier alpha value is -0.940. The lowest BCUT2D eigenvalue weighted by Gasteiger charge is -2.07. The third-order valence-electron chi connectivity index (χ3n) is 2.58. The van der Waals surface area contributed by atoms with Gasteiger partial charge in [-0.1, -0.05) is 6.92 Å². The molecule has 2 N–H and O–H groups in total. The molecule has 0 bridgehead atoms. The van der Waals surface area contributed by atoms with Gasteiger partial charge in [-0.05, 0) is 25.8 Å². The van der Waals surface area contributed by atoms with Crippen LogP contribution in [0.15, 0.2) is 0 Å². The van der Waals surface area contributed by atoms with Crippen LogP contribution in [0.1, 0.15) is 46.2 Å². The van der Waals surface area contributed by atoms with Crippen LogP contribution < -0.4 is 5.32 Å². The van der Waals surface area contributed by atoms with Gasteiger partial charge in [0.2, 0.25) is 0 Å². The van der Waals surface area contributed by atoms with Gasteiger partial charge in [-0.15, -0.1) is 11.3 Å². The number of rotatable bonds is 3. The number of nitrogens with zero attached hydrogens (tertiary/aromatic N) is 1. The summed E-state index contributed by atoms with van der Waals surface area (Å²) in [6.45, 7) is 2.96. The molecule has 1 aliphatic rings. The van der Waals surface area contributed by atoms with Crippen molar-refractivity contribution in [3.8, 4) is 0 Å². The molecule has 82 valence electrons. The largest absolute Gasteiger partial charge is 0.477 e. The quantitative estimate of drug-likeness (QED) is 0.825. The first-order chi connectivity index (χ1) is 7.22. The molecular weight excluding hydrogens is 212 g/mol. The molecule has 0 radical (unpaired) electrons. The fraction of sp³-hybridized carbons (Fsp3) is 0.600. The van der Waals surface area contributed by atoms with Crippen LogP contribution in [0.5, 0.6) is 0 Å². The van der Waals surface area contributed by atoms with Gasteiger partial charge < -0.3 is 10.4 Å². The van der Waals surface area contributed by atoms with E-state index in [1.807, 2.05) is 6.92 Å². The van der Waals surface area contributed by atoms with Gasteiger partial charge in [-0.2, -0.15) is 0 Å².